The molecule has 0 aliphatic carbocycles. The zero-order valence-electron chi connectivity index (χ0n) is 17.2. The molecule has 158 valence electrons. The van der Waals surface area contributed by atoms with Crippen LogP contribution in [-0.4, -0.2) is 18.1 Å². The van der Waals surface area contributed by atoms with Crippen molar-refractivity contribution in [2.75, 3.05) is 0 Å². The minimum absolute atomic E-state index is 0.347. The number of fused-ring (bicyclic) bond motifs is 1. The van der Waals surface area contributed by atoms with Gasteiger partial charge in [0.05, 0.1) is 11.8 Å². The fourth-order valence-electron chi connectivity index (χ4n) is 3.25. The van der Waals surface area contributed by atoms with E-state index < -0.39 is 5.97 Å². The summed E-state index contributed by atoms with van der Waals surface area (Å²) in [7, 11) is 0. The Kier molecular flexibility index (Phi) is 6.29. The van der Waals surface area contributed by atoms with Crippen LogP contribution in [0.1, 0.15) is 31.8 Å². The van der Waals surface area contributed by atoms with Gasteiger partial charge in [0.15, 0.2) is 0 Å². The number of halogens is 1. The number of hydrogen-bond acceptors (Lipinski definition) is 4. The van der Waals surface area contributed by atoms with Crippen molar-refractivity contribution in [2.45, 2.75) is 6.92 Å². The number of benzene rings is 4. The molecular formula is C26H19ClN2O3. The summed E-state index contributed by atoms with van der Waals surface area (Å²) >= 11 is 5.87. The average Bonchev–Trinajstić information content (AvgIpc) is 2.80. The Labute approximate surface area is 190 Å². The van der Waals surface area contributed by atoms with Gasteiger partial charge in [0.25, 0.3) is 5.91 Å². The molecule has 4 aromatic carbocycles. The molecule has 0 radical (unpaired) electrons. The maximum absolute atomic E-state index is 12.7. The van der Waals surface area contributed by atoms with Crippen LogP contribution in [-0.2, 0) is 0 Å². The zero-order chi connectivity index (χ0) is 22.5. The molecule has 5 nitrogen and oxygen atoms in total. The van der Waals surface area contributed by atoms with Crippen molar-refractivity contribution < 1.29 is 14.3 Å². The zero-order valence-corrected chi connectivity index (χ0v) is 18.0. The molecule has 0 aliphatic rings. The van der Waals surface area contributed by atoms with Gasteiger partial charge in [0.1, 0.15) is 5.75 Å². The molecule has 6 heteroatoms. The van der Waals surface area contributed by atoms with E-state index in [0.29, 0.717) is 27.5 Å². The van der Waals surface area contributed by atoms with Gasteiger partial charge in [-0.25, -0.2) is 10.2 Å². The van der Waals surface area contributed by atoms with E-state index in [-0.39, 0.29) is 5.91 Å². The third-order valence-electron chi connectivity index (χ3n) is 4.85. The van der Waals surface area contributed by atoms with E-state index in [4.69, 9.17) is 16.3 Å². The molecule has 4 rings (SSSR count). The Hall–Kier alpha value is -3.96. The lowest BCUT2D eigenvalue weighted by Gasteiger charge is -2.11. The first kappa shape index (κ1) is 21.3. The van der Waals surface area contributed by atoms with Gasteiger partial charge in [0.2, 0.25) is 0 Å². The van der Waals surface area contributed by atoms with Crippen LogP contribution in [0.3, 0.4) is 0 Å². The van der Waals surface area contributed by atoms with Gasteiger partial charge >= 0.3 is 5.97 Å². The Balaban J connectivity index is 1.62. The summed E-state index contributed by atoms with van der Waals surface area (Å²) in [6.07, 6.45) is 1.48. The van der Waals surface area contributed by atoms with Crippen LogP contribution in [0, 0.1) is 6.92 Å². The van der Waals surface area contributed by atoms with E-state index in [0.717, 1.165) is 16.3 Å². The minimum Gasteiger partial charge on any atom is -0.422 e. The normalized spacial score (nSPS) is 10.9. The number of aryl methyl sites for hydroxylation is 1. The average molecular weight is 443 g/mol. The molecule has 4 aromatic rings. The standard InChI is InChI=1S/C26H19ClN2O3/c1-17-5-4-7-20(15-17)26(31)32-24-14-11-18-6-2-3-8-22(18)23(24)16-28-29-25(30)19-9-12-21(27)13-10-19/h2-16H,1H3,(H,29,30)/b28-16-. The topological polar surface area (TPSA) is 67.8 Å². The highest BCUT2D eigenvalue weighted by Crippen LogP contribution is 2.27. The number of carbonyl (C=O) groups excluding carboxylic acids is 2. The fraction of sp³-hybridized carbons (Fsp3) is 0.0385. The van der Waals surface area contributed by atoms with E-state index >= 15 is 0 Å². The summed E-state index contributed by atoms with van der Waals surface area (Å²) in [6, 6.07) is 24.9. The summed E-state index contributed by atoms with van der Waals surface area (Å²) in [4.78, 5) is 25.0. The third-order valence-corrected chi connectivity index (χ3v) is 5.11. The highest BCUT2D eigenvalue weighted by atomic mass is 35.5. The van der Waals surface area contributed by atoms with Crippen molar-refractivity contribution in [3.8, 4) is 5.75 Å². The molecule has 1 N–H and O–H groups in total. The van der Waals surface area contributed by atoms with Crippen LogP contribution in [0.4, 0.5) is 0 Å². The predicted octanol–water partition coefficient (Wildman–Crippen LogP) is 5.78. The van der Waals surface area contributed by atoms with Gasteiger partial charge in [-0.15, -0.1) is 0 Å². The second kappa shape index (κ2) is 9.45. The number of amides is 1. The van der Waals surface area contributed by atoms with Crippen LogP contribution >= 0.6 is 11.6 Å². The number of hydrogen-bond donors (Lipinski definition) is 1. The minimum atomic E-state index is -0.469. The summed E-state index contributed by atoms with van der Waals surface area (Å²) < 4.78 is 5.69. The molecule has 0 aliphatic heterocycles. The molecule has 32 heavy (non-hydrogen) atoms. The maximum Gasteiger partial charge on any atom is 0.343 e. The summed E-state index contributed by atoms with van der Waals surface area (Å²) in [5.41, 5.74) is 4.93. The van der Waals surface area contributed by atoms with E-state index in [1.807, 2.05) is 43.3 Å². The van der Waals surface area contributed by atoms with E-state index in [1.54, 1.807) is 48.5 Å². The molecule has 0 unspecified atom stereocenters. The van der Waals surface area contributed by atoms with Crippen molar-refractivity contribution in [2.24, 2.45) is 5.10 Å². The molecule has 1 amide bonds. The SMILES string of the molecule is Cc1cccc(C(=O)Oc2ccc3ccccc3c2/C=N\NC(=O)c2ccc(Cl)cc2)c1. The van der Waals surface area contributed by atoms with Gasteiger partial charge in [-0.3, -0.25) is 4.79 Å². The highest BCUT2D eigenvalue weighted by Gasteiger charge is 2.14. The first-order valence-corrected chi connectivity index (χ1v) is 10.3. The monoisotopic (exact) mass is 442 g/mol. The molecule has 0 saturated heterocycles. The number of nitrogens with zero attached hydrogens (tertiary/aromatic N) is 1. The second-order valence-corrected chi connectivity index (χ2v) is 7.60. The van der Waals surface area contributed by atoms with Crippen LogP contribution < -0.4 is 10.2 Å². The lowest BCUT2D eigenvalue weighted by molar-refractivity contribution is 0.0734. The third kappa shape index (κ3) is 4.85. The Bertz CT molecular complexity index is 1330. The van der Waals surface area contributed by atoms with E-state index in [1.165, 1.54) is 6.21 Å². The van der Waals surface area contributed by atoms with E-state index in [9.17, 15) is 9.59 Å². The van der Waals surface area contributed by atoms with Crippen molar-refractivity contribution >= 4 is 40.5 Å². The number of rotatable bonds is 5. The second-order valence-electron chi connectivity index (χ2n) is 7.16. The lowest BCUT2D eigenvalue weighted by atomic mass is 10.0. The number of ether oxygens (including phenoxy) is 1. The van der Waals surface area contributed by atoms with Gasteiger partial charge in [-0.1, -0.05) is 59.6 Å². The van der Waals surface area contributed by atoms with Crippen LogP contribution in [0.15, 0.2) is 90.0 Å². The maximum atomic E-state index is 12.7. The summed E-state index contributed by atoms with van der Waals surface area (Å²) in [5.74, 6) is -0.500. The molecule has 0 heterocycles. The molecular weight excluding hydrogens is 424 g/mol. The molecule has 0 fully saturated rings. The van der Waals surface area contributed by atoms with Gasteiger partial charge in [-0.2, -0.15) is 5.10 Å². The number of nitrogens with one attached hydrogen (secondary N) is 1. The quantitative estimate of drug-likeness (QED) is 0.184. The van der Waals surface area contributed by atoms with Crippen molar-refractivity contribution in [1.82, 2.24) is 5.43 Å². The van der Waals surface area contributed by atoms with Crippen molar-refractivity contribution in [3.63, 3.8) is 0 Å². The predicted molar refractivity (Wildman–Crippen MR) is 127 cm³/mol. The number of hydrazone groups is 1. The van der Waals surface area contributed by atoms with Gasteiger partial charge in [0, 0.05) is 16.1 Å². The molecule has 0 saturated carbocycles. The highest BCUT2D eigenvalue weighted by molar-refractivity contribution is 6.30. The number of carbonyl (C=O) groups is 2. The summed E-state index contributed by atoms with van der Waals surface area (Å²) in [6.45, 7) is 1.91. The Morgan fingerprint density at radius 1 is 0.906 bits per heavy atom. The molecule has 0 spiro atoms. The lowest BCUT2D eigenvalue weighted by Crippen LogP contribution is -2.17. The first-order chi connectivity index (χ1) is 15.5. The van der Waals surface area contributed by atoms with Crippen LogP contribution in [0.25, 0.3) is 10.8 Å². The Morgan fingerprint density at radius 3 is 2.47 bits per heavy atom. The molecule has 0 bridgehead atoms. The van der Waals surface area contributed by atoms with Gasteiger partial charge in [-0.05, 0) is 60.2 Å². The molecule has 0 aromatic heterocycles. The molecule has 0 atom stereocenters. The van der Waals surface area contributed by atoms with Crippen LogP contribution in [0.2, 0.25) is 5.02 Å². The first-order valence-electron chi connectivity index (χ1n) is 9.91. The van der Waals surface area contributed by atoms with Crippen molar-refractivity contribution in [1.29, 1.82) is 0 Å². The fourth-order valence-corrected chi connectivity index (χ4v) is 3.38. The summed E-state index contributed by atoms with van der Waals surface area (Å²) in [5, 5.41) is 6.43. The van der Waals surface area contributed by atoms with Crippen molar-refractivity contribution in [3.05, 3.63) is 112 Å². The van der Waals surface area contributed by atoms with E-state index in [2.05, 4.69) is 10.5 Å². The Morgan fingerprint density at radius 2 is 1.69 bits per heavy atom. The smallest absolute Gasteiger partial charge is 0.343 e. The van der Waals surface area contributed by atoms with Crippen LogP contribution in [0.5, 0.6) is 5.75 Å². The number of esters is 1. The largest absolute Gasteiger partial charge is 0.422 e. The van der Waals surface area contributed by atoms with Gasteiger partial charge < -0.3 is 4.74 Å².